The van der Waals surface area contributed by atoms with Gasteiger partial charge in [-0.15, -0.1) is 0 Å². The molecule has 4 aliphatic rings. The van der Waals surface area contributed by atoms with Crippen LogP contribution in [0.25, 0.3) is 0 Å². The van der Waals surface area contributed by atoms with Crippen LogP contribution in [-0.4, -0.2) is 53.1 Å². The van der Waals surface area contributed by atoms with Crippen molar-refractivity contribution < 1.29 is 59.9 Å². The molecule has 0 aromatic heterocycles. The van der Waals surface area contributed by atoms with E-state index in [4.69, 9.17) is 17.7 Å². The summed E-state index contributed by atoms with van der Waals surface area (Å²) in [4.78, 5) is 24.7. The van der Waals surface area contributed by atoms with Crippen LogP contribution in [0.5, 0.6) is 0 Å². The van der Waals surface area contributed by atoms with E-state index < -0.39 is 31.5 Å². The van der Waals surface area contributed by atoms with Crippen molar-refractivity contribution in [2.75, 3.05) is 0 Å². The Morgan fingerprint density at radius 2 is 0.974 bits per heavy atom. The third-order valence-electron chi connectivity index (χ3n) is 6.83. The number of carbonyl (C=O) groups excluding carboxylic acids is 2. The molecule has 0 saturated carbocycles. The Morgan fingerprint density at radius 3 is 1.18 bits per heavy atom. The van der Waals surface area contributed by atoms with Gasteiger partial charge in [-0.2, -0.15) is 13.2 Å². The van der Waals surface area contributed by atoms with Crippen molar-refractivity contribution in [1.82, 2.24) is 0 Å². The Morgan fingerprint density at radius 1 is 0.737 bits per heavy atom. The molecule has 38 heavy (non-hydrogen) atoms. The maximum absolute atomic E-state index is 12.4. The first-order valence-corrected chi connectivity index (χ1v) is 16.9. The molecule has 0 spiro atoms. The molecule has 0 amide bonds. The number of esters is 2. The van der Waals surface area contributed by atoms with Gasteiger partial charge < -0.3 is 9.29 Å². The number of cyclic esters (lactones) is 2. The summed E-state index contributed by atoms with van der Waals surface area (Å²) in [5.41, 5.74) is -3.47. The predicted octanol–water partition coefficient (Wildman–Crippen LogP) is 7.11. The van der Waals surface area contributed by atoms with Crippen LogP contribution in [0.1, 0.15) is 79.1 Å². The van der Waals surface area contributed by atoms with E-state index in [1.54, 1.807) is 0 Å². The Balaban J connectivity index is 0.000000352. The van der Waals surface area contributed by atoms with Gasteiger partial charge in [0.25, 0.3) is 0 Å². The third-order valence-corrected chi connectivity index (χ3v) is 14.3. The molecule has 2 saturated heterocycles. The second-order valence-corrected chi connectivity index (χ2v) is 17.2. The minimum Gasteiger partial charge on any atom is -0.741 e. The zero-order valence-electron chi connectivity index (χ0n) is 22.0. The molecule has 219 valence electrons. The third kappa shape index (κ3) is 9.58. The summed E-state index contributed by atoms with van der Waals surface area (Å²) >= 11 is 0. The van der Waals surface area contributed by atoms with E-state index in [0.29, 0.717) is 22.6 Å². The number of hydrogen-bond acceptors (Lipinski definition) is 6. The molecule has 0 unspecified atom stereocenters. The van der Waals surface area contributed by atoms with Crippen molar-refractivity contribution in [3.63, 3.8) is 0 Å². The standard InChI is InChI=1S/C16H24O3P2.C8H12.CHF3O3S.Rh/c1-9-5-6-10(2)20(9)13-14(16(18)19-15(13)17)21-11(3)7-8-12(21)4;1-2-4-6-8-7-5-3-1;2-1(3,4)8(5,6)7;/h9-12H,5-8H2,1-4H3;1-2,7-8H,3-6H2;(H,5,6,7);/p-1/b;2-1-,8-7-;;/t9-,10-,11-,12-;;;/m1.../s1. The average molecular weight is 686 g/mol. The van der Waals surface area contributed by atoms with Gasteiger partial charge in [0.1, 0.15) is 0 Å². The maximum atomic E-state index is 12.4. The molecule has 3 heterocycles. The predicted molar refractivity (Wildman–Crippen MR) is 141 cm³/mol. The summed E-state index contributed by atoms with van der Waals surface area (Å²) in [5, 5.41) is 1.67. The van der Waals surface area contributed by atoms with E-state index >= 15 is 0 Å². The molecule has 3 aliphatic heterocycles. The van der Waals surface area contributed by atoms with Crippen LogP contribution < -0.4 is 0 Å². The van der Waals surface area contributed by atoms with Crippen LogP contribution in [0.2, 0.25) is 0 Å². The van der Waals surface area contributed by atoms with E-state index in [1.807, 2.05) is 0 Å². The number of alkyl halides is 3. The van der Waals surface area contributed by atoms with E-state index in [9.17, 15) is 22.8 Å². The molecule has 0 bridgehead atoms. The zero-order chi connectivity index (χ0) is 28.0. The van der Waals surface area contributed by atoms with Crippen LogP contribution in [0, 0.1) is 0 Å². The van der Waals surface area contributed by atoms with Crippen LogP contribution in [-0.2, 0) is 43.9 Å². The number of allylic oxidation sites excluding steroid dienone is 4. The van der Waals surface area contributed by atoms with E-state index in [2.05, 4.69) is 52.0 Å². The van der Waals surface area contributed by atoms with Crippen LogP contribution in [0.4, 0.5) is 13.2 Å². The van der Waals surface area contributed by atoms with Gasteiger partial charge in [-0.1, -0.05) is 67.8 Å². The first-order chi connectivity index (χ1) is 17.2. The molecule has 0 aromatic carbocycles. The van der Waals surface area contributed by atoms with Gasteiger partial charge >= 0.3 is 17.4 Å². The van der Waals surface area contributed by atoms with Crippen LogP contribution >= 0.6 is 15.8 Å². The first-order valence-electron chi connectivity index (χ1n) is 12.6. The normalized spacial score (nSPS) is 30.2. The molecule has 0 N–H and O–H groups in total. The quantitative estimate of drug-likeness (QED) is 0.0584. The van der Waals surface area contributed by atoms with Gasteiger partial charge in [0.15, 0.2) is 10.1 Å². The molecule has 1 aliphatic carbocycles. The Bertz CT molecular complexity index is 939. The van der Waals surface area contributed by atoms with E-state index in [0.717, 1.165) is 10.6 Å². The fourth-order valence-electron chi connectivity index (χ4n) is 4.96. The summed E-state index contributed by atoms with van der Waals surface area (Å²) < 4.78 is 64.0. The Kier molecular flexibility index (Phi) is 14.5. The smallest absolute Gasteiger partial charge is 0.485 e. The fraction of sp³-hybridized carbons (Fsp3) is 0.680. The van der Waals surface area contributed by atoms with Crippen molar-refractivity contribution in [2.45, 2.75) is 107 Å². The summed E-state index contributed by atoms with van der Waals surface area (Å²) in [6.07, 6.45) is 18.7. The van der Waals surface area contributed by atoms with Crippen molar-refractivity contribution in [3.8, 4) is 0 Å². The molecule has 0 aromatic rings. The second kappa shape index (κ2) is 15.5. The fourth-order valence-corrected chi connectivity index (χ4v) is 12.0. The van der Waals surface area contributed by atoms with Crippen molar-refractivity contribution in [2.24, 2.45) is 0 Å². The van der Waals surface area contributed by atoms with Crippen molar-refractivity contribution in [3.05, 3.63) is 34.9 Å². The van der Waals surface area contributed by atoms with Crippen molar-refractivity contribution in [1.29, 1.82) is 0 Å². The van der Waals surface area contributed by atoms with Crippen molar-refractivity contribution >= 4 is 37.9 Å². The Labute approximate surface area is 239 Å². The summed E-state index contributed by atoms with van der Waals surface area (Å²) in [5.74, 6) is -0.619. The first kappa shape index (κ1) is 35.6. The molecular weight excluding hydrogens is 650 g/mol. The second-order valence-electron chi connectivity index (χ2n) is 9.74. The Hall–Kier alpha value is -0.457. The van der Waals surface area contributed by atoms with Crippen LogP contribution in [0.3, 0.4) is 0 Å². The van der Waals surface area contributed by atoms with E-state index in [-0.39, 0.29) is 31.4 Å². The topological polar surface area (TPSA) is 101 Å². The maximum Gasteiger partial charge on any atom is 0.485 e. The number of rotatable bonds is 2. The minimum atomic E-state index is -6.09. The molecule has 4 atom stereocenters. The summed E-state index contributed by atoms with van der Waals surface area (Å²) in [6.45, 7) is 8.96. The molecule has 4 rings (SSSR count). The SMILES string of the molecule is C1=C\CC/C=C\CC/1.C[C@@H]1CC[C@@H](C)P1C1=C(P2[C@H](C)CC[C@H]2C)C(=O)OC1=O.O=S(=O)([O-])C(F)(F)F.[Rh]. The van der Waals surface area contributed by atoms with Gasteiger partial charge in [-0.25, -0.2) is 18.0 Å². The number of hydrogen-bond donors (Lipinski definition) is 0. The van der Waals surface area contributed by atoms with E-state index in [1.165, 1.54) is 51.4 Å². The summed E-state index contributed by atoms with van der Waals surface area (Å²) in [7, 11) is -7.15. The zero-order valence-corrected chi connectivity index (χ0v) is 26.2. The van der Waals surface area contributed by atoms with Gasteiger partial charge in [-0.05, 0) is 74.0 Å². The van der Waals surface area contributed by atoms with Gasteiger partial charge in [0, 0.05) is 19.5 Å². The van der Waals surface area contributed by atoms with Gasteiger partial charge in [0.05, 0.1) is 10.6 Å². The molecule has 1 radical (unpaired) electrons. The number of carbonyl (C=O) groups is 2. The monoisotopic (exact) mass is 686 g/mol. The molecular formula is C25H36F3O6P2RhS-. The molecule has 13 heteroatoms. The minimum absolute atomic E-state index is 0. The van der Waals surface area contributed by atoms with Gasteiger partial charge in [0.2, 0.25) is 0 Å². The number of ether oxygens (including phenoxy) is 1. The van der Waals surface area contributed by atoms with Crippen LogP contribution in [0.15, 0.2) is 34.9 Å². The van der Waals surface area contributed by atoms with Gasteiger partial charge in [-0.3, -0.25) is 0 Å². The molecule has 2 fully saturated rings. The molecule has 6 nitrogen and oxygen atoms in total. The average Bonchev–Trinajstić information content (AvgIpc) is 3.35. The number of halogens is 3. The summed E-state index contributed by atoms with van der Waals surface area (Å²) in [6, 6.07) is 0. The largest absolute Gasteiger partial charge is 0.741 e.